The molecule has 0 spiro atoms. The third-order valence-electron chi connectivity index (χ3n) is 4.07. The zero-order chi connectivity index (χ0) is 14.9. The van der Waals surface area contributed by atoms with Gasteiger partial charge in [0.15, 0.2) is 0 Å². The Kier molecular flexibility index (Phi) is 4.88. The molecule has 0 amide bonds. The first-order valence-corrected chi connectivity index (χ1v) is 7.89. The highest BCUT2D eigenvalue weighted by Gasteiger charge is 2.49. The van der Waals surface area contributed by atoms with Gasteiger partial charge in [0.2, 0.25) is 0 Å². The van der Waals surface area contributed by atoms with Crippen molar-refractivity contribution in [2.24, 2.45) is 11.3 Å². The van der Waals surface area contributed by atoms with Crippen LogP contribution in [0.15, 0.2) is 18.2 Å². The summed E-state index contributed by atoms with van der Waals surface area (Å²) in [6.45, 7) is 9.65. The minimum Gasteiger partial charge on any atom is -0.380 e. The predicted octanol–water partition coefficient (Wildman–Crippen LogP) is 5.25. The summed E-state index contributed by atoms with van der Waals surface area (Å²) in [5.41, 5.74) is 1.05. The van der Waals surface area contributed by atoms with E-state index in [1.807, 2.05) is 12.1 Å². The van der Waals surface area contributed by atoms with Crippen LogP contribution in [0.5, 0.6) is 0 Å². The predicted molar refractivity (Wildman–Crippen MR) is 86.8 cm³/mol. The molecule has 0 aliphatic heterocycles. The van der Waals surface area contributed by atoms with Crippen LogP contribution in [0.2, 0.25) is 10.0 Å². The molecule has 2 unspecified atom stereocenters. The minimum absolute atomic E-state index is 0.109. The van der Waals surface area contributed by atoms with Gasteiger partial charge in [-0.05, 0) is 30.5 Å². The van der Waals surface area contributed by atoms with Gasteiger partial charge in [0, 0.05) is 23.1 Å². The number of ether oxygens (including phenoxy) is 1. The third kappa shape index (κ3) is 3.41. The highest BCUT2D eigenvalue weighted by molar-refractivity contribution is 6.36. The lowest BCUT2D eigenvalue weighted by Gasteiger charge is -2.52. The Bertz CT molecular complexity index is 474. The number of nitrogens with one attached hydrogen (secondary N) is 1. The SMILES string of the molecule is CC(C)COC1CC(Nc2ccc(Cl)cc2Cl)C1(C)C. The fourth-order valence-electron chi connectivity index (χ4n) is 2.52. The van der Waals surface area contributed by atoms with Crippen LogP contribution in [0.3, 0.4) is 0 Å². The number of rotatable bonds is 5. The van der Waals surface area contributed by atoms with Crippen LogP contribution in [0, 0.1) is 11.3 Å². The molecule has 1 aliphatic carbocycles. The van der Waals surface area contributed by atoms with Gasteiger partial charge in [0.05, 0.1) is 16.8 Å². The summed E-state index contributed by atoms with van der Waals surface area (Å²) in [6.07, 6.45) is 1.33. The van der Waals surface area contributed by atoms with Gasteiger partial charge in [0.1, 0.15) is 0 Å². The molecule has 1 aromatic rings. The fraction of sp³-hybridized carbons (Fsp3) is 0.625. The summed E-state index contributed by atoms with van der Waals surface area (Å²) in [4.78, 5) is 0. The molecule has 0 bridgehead atoms. The molecule has 2 rings (SSSR count). The molecular weight excluding hydrogens is 293 g/mol. The standard InChI is InChI=1S/C16H23Cl2NO/c1-10(2)9-20-15-8-14(16(15,3)4)19-13-6-5-11(17)7-12(13)18/h5-7,10,14-15,19H,8-9H2,1-4H3. The maximum atomic E-state index is 6.21. The normalized spacial score (nSPS) is 24.6. The van der Waals surface area contributed by atoms with Crippen LogP contribution >= 0.6 is 23.2 Å². The van der Waals surface area contributed by atoms with Crippen LogP contribution in [0.4, 0.5) is 5.69 Å². The van der Waals surface area contributed by atoms with Crippen LogP contribution in [0.1, 0.15) is 34.1 Å². The fourth-order valence-corrected chi connectivity index (χ4v) is 2.98. The molecule has 112 valence electrons. The number of halogens is 2. The molecule has 1 aromatic carbocycles. The second-order valence-electron chi connectivity index (χ2n) is 6.59. The van der Waals surface area contributed by atoms with E-state index in [1.165, 1.54) is 0 Å². The van der Waals surface area contributed by atoms with Gasteiger partial charge in [-0.15, -0.1) is 0 Å². The van der Waals surface area contributed by atoms with E-state index in [0.29, 0.717) is 28.1 Å². The molecule has 2 atom stereocenters. The first-order valence-electron chi connectivity index (χ1n) is 7.14. The monoisotopic (exact) mass is 315 g/mol. The lowest BCUT2D eigenvalue weighted by atomic mass is 9.64. The van der Waals surface area contributed by atoms with Crippen LogP contribution in [0.25, 0.3) is 0 Å². The molecule has 0 saturated heterocycles. The Hall–Kier alpha value is -0.440. The molecule has 4 heteroatoms. The first-order chi connectivity index (χ1) is 9.30. The zero-order valence-corrected chi connectivity index (χ0v) is 14.1. The van der Waals surface area contributed by atoms with Crippen LogP contribution < -0.4 is 5.32 Å². The largest absolute Gasteiger partial charge is 0.380 e. The summed E-state index contributed by atoms with van der Waals surface area (Å²) in [6, 6.07) is 5.93. The van der Waals surface area contributed by atoms with E-state index in [-0.39, 0.29) is 5.41 Å². The smallest absolute Gasteiger partial charge is 0.0665 e. The molecular formula is C16H23Cl2NO. The lowest BCUT2D eigenvalue weighted by Crippen LogP contribution is -2.58. The molecule has 0 radical (unpaired) electrons. The molecule has 1 aliphatic rings. The van der Waals surface area contributed by atoms with Crippen molar-refractivity contribution >= 4 is 28.9 Å². The van der Waals surface area contributed by atoms with Gasteiger partial charge in [0.25, 0.3) is 0 Å². The van der Waals surface area contributed by atoms with E-state index in [1.54, 1.807) is 6.07 Å². The average Bonchev–Trinajstić information content (AvgIpc) is 2.34. The Balaban J connectivity index is 1.95. The summed E-state index contributed by atoms with van der Waals surface area (Å²) in [5, 5.41) is 4.84. The summed E-state index contributed by atoms with van der Waals surface area (Å²) in [7, 11) is 0. The van der Waals surface area contributed by atoms with Crippen LogP contribution in [-0.2, 0) is 4.74 Å². The summed E-state index contributed by atoms with van der Waals surface area (Å²) in [5.74, 6) is 0.573. The van der Waals surface area contributed by atoms with Crippen molar-refractivity contribution in [1.82, 2.24) is 0 Å². The van der Waals surface area contributed by atoms with Crippen molar-refractivity contribution < 1.29 is 4.74 Å². The van der Waals surface area contributed by atoms with Crippen molar-refractivity contribution in [3.05, 3.63) is 28.2 Å². The third-order valence-corrected chi connectivity index (χ3v) is 4.62. The van der Waals surface area contributed by atoms with Gasteiger partial charge in [-0.2, -0.15) is 0 Å². The van der Waals surface area contributed by atoms with Crippen molar-refractivity contribution in [2.75, 3.05) is 11.9 Å². The molecule has 0 aromatic heterocycles. The van der Waals surface area contributed by atoms with Gasteiger partial charge >= 0.3 is 0 Å². The second-order valence-corrected chi connectivity index (χ2v) is 7.44. The van der Waals surface area contributed by atoms with E-state index in [2.05, 4.69) is 33.0 Å². The maximum absolute atomic E-state index is 6.21. The van der Waals surface area contributed by atoms with Gasteiger partial charge < -0.3 is 10.1 Å². The van der Waals surface area contributed by atoms with E-state index >= 15 is 0 Å². The van der Waals surface area contributed by atoms with E-state index < -0.39 is 0 Å². The van der Waals surface area contributed by atoms with Gasteiger partial charge in [-0.1, -0.05) is 50.9 Å². The minimum atomic E-state index is 0.109. The Morgan fingerprint density at radius 2 is 2.05 bits per heavy atom. The number of benzene rings is 1. The quantitative estimate of drug-likeness (QED) is 0.801. The highest BCUT2D eigenvalue weighted by Crippen LogP contribution is 2.45. The lowest BCUT2D eigenvalue weighted by molar-refractivity contribution is -0.108. The summed E-state index contributed by atoms with van der Waals surface area (Å²) < 4.78 is 5.98. The van der Waals surface area contributed by atoms with E-state index in [0.717, 1.165) is 18.7 Å². The molecule has 1 N–H and O–H groups in total. The molecule has 1 fully saturated rings. The Labute approximate surface area is 131 Å². The van der Waals surface area contributed by atoms with Gasteiger partial charge in [-0.3, -0.25) is 0 Å². The van der Waals surface area contributed by atoms with Crippen LogP contribution in [-0.4, -0.2) is 18.8 Å². The van der Waals surface area contributed by atoms with Crippen molar-refractivity contribution in [2.45, 2.75) is 46.3 Å². The van der Waals surface area contributed by atoms with Crippen molar-refractivity contribution in [1.29, 1.82) is 0 Å². The molecule has 20 heavy (non-hydrogen) atoms. The number of hydrogen-bond acceptors (Lipinski definition) is 2. The summed E-state index contributed by atoms with van der Waals surface area (Å²) >= 11 is 12.1. The zero-order valence-electron chi connectivity index (χ0n) is 12.5. The first kappa shape index (κ1) is 15.9. The molecule has 0 heterocycles. The Morgan fingerprint density at radius 1 is 1.35 bits per heavy atom. The van der Waals surface area contributed by atoms with Gasteiger partial charge in [-0.25, -0.2) is 0 Å². The number of hydrogen-bond donors (Lipinski definition) is 1. The molecule has 2 nitrogen and oxygen atoms in total. The van der Waals surface area contributed by atoms with Crippen molar-refractivity contribution in [3.8, 4) is 0 Å². The topological polar surface area (TPSA) is 21.3 Å². The van der Waals surface area contributed by atoms with Crippen molar-refractivity contribution in [3.63, 3.8) is 0 Å². The van der Waals surface area contributed by atoms with E-state index in [4.69, 9.17) is 27.9 Å². The molecule has 1 saturated carbocycles. The number of anilines is 1. The maximum Gasteiger partial charge on any atom is 0.0665 e. The highest BCUT2D eigenvalue weighted by atomic mass is 35.5. The Morgan fingerprint density at radius 3 is 2.60 bits per heavy atom. The second kappa shape index (κ2) is 6.13. The van der Waals surface area contributed by atoms with E-state index in [9.17, 15) is 0 Å². The average molecular weight is 316 g/mol.